The van der Waals surface area contributed by atoms with Crippen molar-refractivity contribution >= 4 is 26.6 Å². The second kappa shape index (κ2) is 4.94. The molecule has 0 saturated carbocycles. The molecule has 2 N–H and O–H groups in total. The topological polar surface area (TPSA) is 79.0 Å². The highest BCUT2D eigenvalue weighted by atomic mass is 32.2. The van der Waals surface area contributed by atoms with Crippen molar-refractivity contribution in [1.29, 1.82) is 0 Å². The van der Waals surface area contributed by atoms with Crippen LogP contribution >= 0.6 is 0 Å². The summed E-state index contributed by atoms with van der Waals surface area (Å²) in [5.74, 6) is 0.294. The third kappa shape index (κ3) is 2.56. The summed E-state index contributed by atoms with van der Waals surface area (Å²) >= 11 is 0. The van der Waals surface area contributed by atoms with Gasteiger partial charge in [-0.05, 0) is 18.4 Å². The van der Waals surface area contributed by atoms with E-state index in [9.17, 15) is 13.2 Å². The minimum atomic E-state index is -2.89. The minimum absolute atomic E-state index is 0.0363. The number of benzene rings is 1. The fraction of sp³-hybridized carbons (Fsp3) is 0.357. The molecule has 1 saturated heterocycles. The summed E-state index contributed by atoms with van der Waals surface area (Å²) in [6.45, 7) is 0.414. The summed E-state index contributed by atoms with van der Waals surface area (Å²) in [6.07, 6.45) is 2.32. The number of amides is 1. The Morgan fingerprint density at radius 1 is 1.35 bits per heavy atom. The van der Waals surface area contributed by atoms with Crippen LogP contribution in [-0.4, -0.2) is 37.4 Å². The number of aromatic nitrogens is 1. The number of hydrogen-bond acceptors (Lipinski definition) is 3. The van der Waals surface area contributed by atoms with Crippen LogP contribution < -0.4 is 5.32 Å². The Hall–Kier alpha value is -1.82. The molecule has 2 heterocycles. The van der Waals surface area contributed by atoms with E-state index in [0.29, 0.717) is 18.5 Å². The molecular formula is C14H16N2O3S. The summed E-state index contributed by atoms with van der Waals surface area (Å²) in [7, 11) is -2.89. The second-order valence-corrected chi connectivity index (χ2v) is 7.46. The second-order valence-electron chi connectivity index (χ2n) is 5.23. The van der Waals surface area contributed by atoms with Crippen LogP contribution in [0.25, 0.3) is 10.9 Å². The average Bonchev–Trinajstić information content (AvgIpc) is 2.99. The normalized spacial score (nSPS) is 21.1. The van der Waals surface area contributed by atoms with Gasteiger partial charge in [-0.25, -0.2) is 8.42 Å². The van der Waals surface area contributed by atoms with Gasteiger partial charge in [0.05, 0.1) is 17.1 Å². The smallest absolute Gasteiger partial charge is 0.253 e. The highest BCUT2D eigenvalue weighted by Gasteiger charge is 2.28. The van der Waals surface area contributed by atoms with Crippen LogP contribution in [0.1, 0.15) is 16.8 Å². The first kappa shape index (κ1) is 13.2. The van der Waals surface area contributed by atoms with Gasteiger partial charge < -0.3 is 10.3 Å². The van der Waals surface area contributed by atoms with Gasteiger partial charge in [0, 0.05) is 23.6 Å². The summed E-state index contributed by atoms with van der Waals surface area (Å²) in [6, 6.07) is 7.59. The number of sulfone groups is 1. The molecule has 1 aliphatic heterocycles. The zero-order valence-electron chi connectivity index (χ0n) is 10.9. The molecule has 20 heavy (non-hydrogen) atoms. The molecule has 1 unspecified atom stereocenters. The van der Waals surface area contributed by atoms with Gasteiger partial charge in [0.25, 0.3) is 5.91 Å². The Kier molecular flexibility index (Phi) is 3.25. The maximum absolute atomic E-state index is 12.2. The lowest BCUT2D eigenvalue weighted by molar-refractivity contribution is 0.0950. The van der Waals surface area contributed by atoms with Crippen LogP contribution in [0.5, 0.6) is 0 Å². The van der Waals surface area contributed by atoms with E-state index in [2.05, 4.69) is 10.3 Å². The maximum atomic E-state index is 12.2. The number of hydrogen-bond donors (Lipinski definition) is 2. The van der Waals surface area contributed by atoms with Crippen molar-refractivity contribution in [2.45, 2.75) is 6.42 Å². The first-order valence-corrected chi connectivity index (χ1v) is 8.42. The number of para-hydroxylation sites is 1. The standard InChI is InChI=1S/C14H16N2O3S/c17-14(16-7-10-5-6-20(18,19)9-10)12-8-15-13-4-2-1-3-11(12)13/h1-4,8,10,15H,5-7,9H2,(H,16,17). The van der Waals surface area contributed by atoms with Crippen LogP contribution in [-0.2, 0) is 9.84 Å². The Morgan fingerprint density at radius 3 is 2.90 bits per heavy atom. The molecule has 1 aromatic carbocycles. The molecule has 0 bridgehead atoms. The summed E-state index contributed by atoms with van der Waals surface area (Å²) in [5.41, 5.74) is 1.52. The van der Waals surface area contributed by atoms with Crippen LogP contribution in [0, 0.1) is 5.92 Å². The molecule has 1 atom stereocenters. The molecule has 5 nitrogen and oxygen atoms in total. The van der Waals surface area contributed by atoms with Crippen molar-refractivity contribution in [2.75, 3.05) is 18.1 Å². The summed E-state index contributed by atoms with van der Waals surface area (Å²) < 4.78 is 22.7. The third-order valence-electron chi connectivity index (χ3n) is 3.71. The van der Waals surface area contributed by atoms with Gasteiger partial charge in [-0.1, -0.05) is 18.2 Å². The number of carbonyl (C=O) groups excluding carboxylic acids is 1. The number of carbonyl (C=O) groups is 1. The van der Waals surface area contributed by atoms with E-state index >= 15 is 0 Å². The molecule has 106 valence electrons. The molecule has 0 aliphatic carbocycles. The first-order valence-electron chi connectivity index (χ1n) is 6.60. The largest absolute Gasteiger partial charge is 0.360 e. The highest BCUT2D eigenvalue weighted by Crippen LogP contribution is 2.19. The fourth-order valence-corrected chi connectivity index (χ4v) is 4.49. The number of fused-ring (bicyclic) bond motifs is 1. The van der Waals surface area contributed by atoms with Gasteiger partial charge in [0.1, 0.15) is 0 Å². The van der Waals surface area contributed by atoms with Crippen molar-refractivity contribution in [3.05, 3.63) is 36.0 Å². The Bertz CT molecular complexity index is 749. The van der Waals surface area contributed by atoms with E-state index in [0.717, 1.165) is 10.9 Å². The monoisotopic (exact) mass is 292 g/mol. The Morgan fingerprint density at radius 2 is 2.15 bits per heavy atom. The van der Waals surface area contributed by atoms with Gasteiger partial charge >= 0.3 is 0 Å². The molecule has 3 rings (SSSR count). The molecular weight excluding hydrogens is 276 g/mol. The Labute approximate surface area is 117 Å². The van der Waals surface area contributed by atoms with Crippen molar-refractivity contribution < 1.29 is 13.2 Å². The van der Waals surface area contributed by atoms with Crippen molar-refractivity contribution in [3.8, 4) is 0 Å². The van der Waals surface area contributed by atoms with Crippen LogP contribution in [0.2, 0.25) is 0 Å². The Balaban J connectivity index is 1.68. The molecule has 0 spiro atoms. The van der Waals surface area contributed by atoms with Crippen LogP contribution in [0.15, 0.2) is 30.5 Å². The predicted molar refractivity (Wildman–Crippen MR) is 77.4 cm³/mol. The SMILES string of the molecule is O=C(NCC1CCS(=O)(=O)C1)c1c[nH]c2ccccc12. The number of H-pyrrole nitrogens is 1. The van der Waals surface area contributed by atoms with E-state index in [1.807, 2.05) is 24.3 Å². The zero-order valence-corrected chi connectivity index (χ0v) is 11.7. The summed E-state index contributed by atoms with van der Waals surface area (Å²) in [4.78, 5) is 15.2. The van der Waals surface area contributed by atoms with E-state index in [1.54, 1.807) is 6.20 Å². The van der Waals surface area contributed by atoms with Gasteiger partial charge in [-0.2, -0.15) is 0 Å². The number of aromatic amines is 1. The maximum Gasteiger partial charge on any atom is 0.253 e. The van der Waals surface area contributed by atoms with Gasteiger partial charge in [-0.3, -0.25) is 4.79 Å². The van der Waals surface area contributed by atoms with E-state index in [4.69, 9.17) is 0 Å². The summed E-state index contributed by atoms with van der Waals surface area (Å²) in [5, 5.41) is 3.71. The fourth-order valence-electron chi connectivity index (χ4n) is 2.62. The molecule has 2 aromatic rings. The first-order chi connectivity index (χ1) is 9.55. The van der Waals surface area contributed by atoms with Crippen LogP contribution in [0.3, 0.4) is 0 Å². The molecule has 0 radical (unpaired) electrons. The molecule has 1 aliphatic rings. The number of rotatable bonds is 3. The zero-order chi connectivity index (χ0) is 14.2. The third-order valence-corrected chi connectivity index (χ3v) is 5.55. The average molecular weight is 292 g/mol. The predicted octanol–water partition coefficient (Wildman–Crippen LogP) is 1.33. The van der Waals surface area contributed by atoms with Crippen molar-refractivity contribution in [3.63, 3.8) is 0 Å². The molecule has 1 aromatic heterocycles. The lowest BCUT2D eigenvalue weighted by Gasteiger charge is -2.09. The van der Waals surface area contributed by atoms with Gasteiger partial charge in [0.15, 0.2) is 9.84 Å². The lowest BCUT2D eigenvalue weighted by atomic mass is 10.1. The molecule has 1 fully saturated rings. The van der Waals surface area contributed by atoms with Gasteiger partial charge in [-0.15, -0.1) is 0 Å². The minimum Gasteiger partial charge on any atom is -0.360 e. The number of nitrogens with one attached hydrogen (secondary N) is 2. The highest BCUT2D eigenvalue weighted by molar-refractivity contribution is 7.91. The lowest BCUT2D eigenvalue weighted by Crippen LogP contribution is -2.29. The van der Waals surface area contributed by atoms with E-state index in [1.165, 1.54) is 0 Å². The molecule has 6 heteroatoms. The van der Waals surface area contributed by atoms with Gasteiger partial charge in [0.2, 0.25) is 0 Å². The van der Waals surface area contributed by atoms with Crippen molar-refractivity contribution in [1.82, 2.24) is 10.3 Å². The van der Waals surface area contributed by atoms with Crippen molar-refractivity contribution in [2.24, 2.45) is 5.92 Å². The quantitative estimate of drug-likeness (QED) is 0.896. The molecule has 1 amide bonds. The van der Waals surface area contributed by atoms with Crippen LogP contribution in [0.4, 0.5) is 0 Å². The van der Waals surface area contributed by atoms with E-state index < -0.39 is 9.84 Å². The van der Waals surface area contributed by atoms with E-state index in [-0.39, 0.29) is 23.3 Å².